The summed E-state index contributed by atoms with van der Waals surface area (Å²) in [5.74, 6) is 0. The summed E-state index contributed by atoms with van der Waals surface area (Å²) in [6.07, 6.45) is 7.85. The third-order valence-electron chi connectivity index (χ3n) is 2.12. The molecular weight excluding hydrogens is 182 g/mol. The van der Waals surface area contributed by atoms with Crippen molar-refractivity contribution >= 4 is 11.8 Å². The van der Waals surface area contributed by atoms with E-state index >= 15 is 0 Å². The van der Waals surface area contributed by atoms with Crippen molar-refractivity contribution in [1.29, 1.82) is 0 Å². The van der Waals surface area contributed by atoms with Gasteiger partial charge < -0.3 is 0 Å². The van der Waals surface area contributed by atoms with Crippen LogP contribution in [-0.2, 0) is 0 Å². The Kier molecular flexibility index (Phi) is 4.55. The quantitative estimate of drug-likeness (QED) is 0.652. The van der Waals surface area contributed by atoms with Crippen LogP contribution in [0.3, 0.4) is 0 Å². The van der Waals surface area contributed by atoms with Crippen molar-refractivity contribution in [2.24, 2.45) is 4.99 Å². The minimum Gasteiger partial charge on any atom is -0.262 e. The molecule has 0 aliphatic heterocycles. The predicted molar refractivity (Wildman–Crippen MR) is 68.1 cm³/mol. The number of allylic oxidation sites excluding steroid dienone is 2. The van der Waals surface area contributed by atoms with E-state index in [1.807, 2.05) is 38.1 Å². The molecule has 0 unspecified atom stereocenters. The van der Waals surface area contributed by atoms with Crippen molar-refractivity contribution in [3.05, 3.63) is 53.7 Å². The summed E-state index contributed by atoms with van der Waals surface area (Å²) < 4.78 is 0. The lowest BCUT2D eigenvalue weighted by atomic mass is 10.1. The Labute approximate surface area is 91.9 Å². The number of benzene rings is 1. The molecule has 0 saturated carbocycles. The van der Waals surface area contributed by atoms with Gasteiger partial charge in [-0.1, -0.05) is 36.4 Å². The molecule has 0 amide bonds. The van der Waals surface area contributed by atoms with Crippen LogP contribution in [0.15, 0.2) is 47.6 Å². The molecule has 78 valence electrons. The second-order valence-corrected chi connectivity index (χ2v) is 3.44. The smallest absolute Gasteiger partial charge is 0.0372 e. The van der Waals surface area contributed by atoms with Gasteiger partial charge >= 0.3 is 0 Å². The molecule has 0 aromatic heterocycles. The maximum atomic E-state index is 4.24. The highest BCUT2D eigenvalue weighted by Crippen LogP contribution is 2.08. The summed E-state index contributed by atoms with van der Waals surface area (Å²) in [5.41, 5.74) is 3.54. The molecular formula is C14H17N. The third kappa shape index (κ3) is 3.94. The highest BCUT2D eigenvalue weighted by atomic mass is 14.7. The van der Waals surface area contributed by atoms with Crippen LogP contribution < -0.4 is 0 Å². The van der Waals surface area contributed by atoms with Crippen LogP contribution in [0.2, 0.25) is 0 Å². The zero-order valence-corrected chi connectivity index (χ0v) is 9.57. The molecule has 0 radical (unpaired) electrons. The maximum absolute atomic E-state index is 4.24. The molecule has 1 heteroatoms. The van der Waals surface area contributed by atoms with E-state index < -0.39 is 0 Å². The van der Waals surface area contributed by atoms with Crippen molar-refractivity contribution in [2.45, 2.75) is 20.8 Å². The normalized spacial score (nSPS) is 12.9. The van der Waals surface area contributed by atoms with Gasteiger partial charge in [-0.25, -0.2) is 0 Å². The van der Waals surface area contributed by atoms with E-state index in [4.69, 9.17) is 0 Å². The molecule has 0 bridgehead atoms. The van der Waals surface area contributed by atoms with E-state index in [9.17, 15) is 0 Å². The number of aryl methyl sites for hydroxylation is 1. The first-order valence-corrected chi connectivity index (χ1v) is 5.13. The zero-order valence-electron chi connectivity index (χ0n) is 9.57. The molecule has 0 heterocycles. The van der Waals surface area contributed by atoms with E-state index in [-0.39, 0.29) is 0 Å². The molecule has 1 aromatic rings. The van der Waals surface area contributed by atoms with E-state index in [1.165, 1.54) is 11.1 Å². The zero-order chi connectivity index (χ0) is 11.1. The van der Waals surface area contributed by atoms with Crippen LogP contribution in [0, 0.1) is 6.92 Å². The van der Waals surface area contributed by atoms with E-state index in [0.717, 1.165) is 5.71 Å². The molecule has 0 saturated heterocycles. The van der Waals surface area contributed by atoms with Gasteiger partial charge in [0.25, 0.3) is 0 Å². The van der Waals surface area contributed by atoms with Gasteiger partial charge in [0.15, 0.2) is 0 Å². The molecule has 1 rings (SSSR count). The van der Waals surface area contributed by atoms with E-state index in [0.29, 0.717) is 0 Å². The highest BCUT2D eigenvalue weighted by Gasteiger charge is 1.90. The number of hydrogen-bond acceptors (Lipinski definition) is 1. The van der Waals surface area contributed by atoms with Gasteiger partial charge in [0, 0.05) is 11.9 Å². The highest BCUT2D eigenvalue weighted by molar-refractivity contribution is 5.96. The van der Waals surface area contributed by atoms with Gasteiger partial charge in [0.05, 0.1) is 0 Å². The van der Waals surface area contributed by atoms with Crippen LogP contribution in [0.5, 0.6) is 0 Å². The number of hydrogen-bond donors (Lipinski definition) is 0. The first-order chi connectivity index (χ1) is 7.24. The Morgan fingerprint density at radius 1 is 1.27 bits per heavy atom. The topological polar surface area (TPSA) is 12.4 Å². The van der Waals surface area contributed by atoms with Crippen LogP contribution in [-0.4, -0.2) is 5.71 Å². The summed E-state index contributed by atoms with van der Waals surface area (Å²) in [5, 5.41) is 0. The minimum absolute atomic E-state index is 1.01. The van der Waals surface area contributed by atoms with Crippen molar-refractivity contribution < 1.29 is 0 Å². The molecule has 0 fully saturated rings. The van der Waals surface area contributed by atoms with Gasteiger partial charge in [0.2, 0.25) is 0 Å². The largest absolute Gasteiger partial charge is 0.262 e. The predicted octanol–water partition coefficient (Wildman–Crippen LogP) is 4.00. The fourth-order valence-electron chi connectivity index (χ4n) is 1.22. The Morgan fingerprint density at radius 2 is 2.00 bits per heavy atom. The maximum Gasteiger partial charge on any atom is 0.0372 e. The second kappa shape index (κ2) is 5.97. The van der Waals surface area contributed by atoms with Crippen molar-refractivity contribution in [1.82, 2.24) is 0 Å². The Morgan fingerprint density at radius 3 is 2.67 bits per heavy atom. The molecule has 0 spiro atoms. The fraction of sp³-hybridized carbons (Fsp3) is 0.214. The molecule has 0 aliphatic rings. The minimum atomic E-state index is 1.01. The van der Waals surface area contributed by atoms with Gasteiger partial charge in [-0.2, -0.15) is 0 Å². The third-order valence-corrected chi connectivity index (χ3v) is 2.12. The van der Waals surface area contributed by atoms with Crippen molar-refractivity contribution in [3.8, 4) is 0 Å². The Hall–Kier alpha value is -1.63. The van der Waals surface area contributed by atoms with Crippen molar-refractivity contribution in [2.75, 3.05) is 0 Å². The first-order valence-electron chi connectivity index (χ1n) is 5.13. The Bertz CT molecular complexity index is 398. The average molecular weight is 199 g/mol. The molecule has 15 heavy (non-hydrogen) atoms. The summed E-state index contributed by atoms with van der Waals surface area (Å²) in [7, 11) is 0. The summed E-state index contributed by atoms with van der Waals surface area (Å²) in [6.45, 7) is 6.06. The lowest BCUT2D eigenvalue weighted by Gasteiger charge is -1.97. The van der Waals surface area contributed by atoms with E-state index in [2.05, 4.69) is 30.1 Å². The summed E-state index contributed by atoms with van der Waals surface area (Å²) >= 11 is 0. The Balaban J connectivity index is 2.78. The first kappa shape index (κ1) is 11.4. The lowest BCUT2D eigenvalue weighted by Crippen LogP contribution is -1.83. The van der Waals surface area contributed by atoms with Gasteiger partial charge in [0.1, 0.15) is 0 Å². The van der Waals surface area contributed by atoms with Gasteiger partial charge in [-0.15, -0.1) is 0 Å². The lowest BCUT2D eigenvalue weighted by molar-refractivity contribution is 1.44. The molecule has 1 nitrogen and oxygen atoms in total. The van der Waals surface area contributed by atoms with Crippen LogP contribution >= 0.6 is 0 Å². The second-order valence-electron chi connectivity index (χ2n) is 3.44. The standard InChI is InChI=1S/C14H17N/c1-4-11-15-13(3)9-10-14-8-6-5-7-12(14)2/h4-11H,1-3H3/b10-9+,11-4-,15-13-. The van der Waals surface area contributed by atoms with Crippen LogP contribution in [0.25, 0.3) is 6.08 Å². The van der Waals surface area contributed by atoms with Crippen LogP contribution in [0.1, 0.15) is 25.0 Å². The SMILES string of the molecule is C\C=C/N=C(C)\C=C\c1ccccc1C. The molecule has 1 aromatic carbocycles. The molecule has 0 aliphatic carbocycles. The fourth-order valence-corrected chi connectivity index (χ4v) is 1.22. The molecule has 0 N–H and O–H groups in total. The van der Waals surface area contributed by atoms with Gasteiger partial charge in [-0.05, 0) is 38.0 Å². The summed E-state index contributed by atoms with van der Waals surface area (Å²) in [4.78, 5) is 4.24. The number of aliphatic imine (C=N–C) groups is 1. The average Bonchev–Trinajstić information content (AvgIpc) is 2.25. The monoisotopic (exact) mass is 199 g/mol. The van der Waals surface area contributed by atoms with Gasteiger partial charge in [-0.3, -0.25) is 4.99 Å². The van der Waals surface area contributed by atoms with Crippen LogP contribution in [0.4, 0.5) is 0 Å². The number of rotatable bonds is 3. The number of nitrogens with zero attached hydrogens (tertiary/aromatic N) is 1. The summed E-state index contributed by atoms with van der Waals surface area (Å²) in [6, 6.07) is 8.31. The van der Waals surface area contributed by atoms with E-state index in [1.54, 1.807) is 6.20 Å². The van der Waals surface area contributed by atoms with Crippen molar-refractivity contribution in [3.63, 3.8) is 0 Å². The molecule has 0 atom stereocenters.